The molecule has 0 saturated heterocycles. The van der Waals surface area contributed by atoms with Gasteiger partial charge in [-0.15, -0.1) is 11.3 Å². The fraction of sp³-hybridized carbons (Fsp3) is 0.0909. The van der Waals surface area contributed by atoms with E-state index in [0.717, 1.165) is 5.01 Å². The Morgan fingerprint density at radius 3 is 3.21 bits per heavy atom. The highest BCUT2D eigenvalue weighted by Gasteiger charge is 2.11. The summed E-state index contributed by atoms with van der Waals surface area (Å²) in [6.07, 6.45) is 3.10. The van der Waals surface area contributed by atoms with E-state index in [0.29, 0.717) is 17.4 Å². The van der Waals surface area contributed by atoms with Crippen LogP contribution in [-0.4, -0.2) is 26.1 Å². The van der Waals surface area contributed by atoms with E-state index in [1.807, 2.05) is 11.4 Å². The van der Waals surface area contributed by atoms with Gasteiger partial charge in [0.2, 0.25) is 11.9 Å². The number of amides is 1. The number of rotatable bonds is 4. The van der Waals surface area contributed by atoms with Crippen LogP contribution in [-0.2, 0) is 11.2 Å². The minimum Gasteiger partial charge on any atom is -0.462 e. The van der Waals surface area contributed by atoms with Gasteiger partial charge in [0.1, 0.15) is 6.33 Å². The molecular formula is C11H9N5O2S. The fourth-order valence-electron chi connectivity index (χ4n) is 1.51. The van der Waals surface area contributed by atoms with Crippen LogP contribution in [0.4, 0.5) is 5.95 Å². The third-order valence-corrected chi connectivity index (χ3v) is 3.20. The predicted molar refractivity (Wildman–Crippen MR) is 68.5 cm³/mol. The summed E-state index contributed by atoms with van der Waals surface area (Å²) in [5.41, 5.74) is 0.688. The quantitative estimate of drug-likeness (QED) is 0.755. The average Bonchev–Trinajstić information content (AvgIpc) is 3.09. The molecule has 0 atom stereocenters. The highest BCUT2D eigenvalue weighted by molar-refractivity contribution is 7.13. The minimum absolute atomic E-state index is 0.178. The Hall–Kier alpha value is -2.48. The molecule has 3 heterocycles. The van der Waals surface area contributed by atoms with E-state index in [2.05, 4.69) is 25.5 Å². The third kappa shape index (κ3) is 2.68. The number of aromatic amines is 1. The number of carbonyl (C=O) groups excluding carboxylic acids is 1. The van der Waals surface area contributed by atoms with Gasteiger partial charge in [0.15, 0.2) is 10.8 Å². The number of thiazole rings is 1. The third-order valence-electron chi connectivity index (χ3n) is 2.30. The Bertz CT molecular complexity index is 659. The molecule has 0 aliphatic rings. The first-order valence-electron chi connectivity index (χ1n) is 5.45. The Balaban J connectivity index is 1.65. The van der Waals surface area contributed by atoms with Crippen LogP contribution >= 0.6 is 11.3 Å². The number of furan rings is 1. The minimum atomic E-state index is -0.201. The van der Waals surface area contributed by atoms with E-state index in [1.165, 1.54) is 17.7 Å². The molecule has 0 radical (unpaired) electrons. The summed E-state index contributed by atoms with van der Waals surface area (Å²) < 4.78 is 5.25. The van der Waals surface area contributed by atoms with Gasteiger partial charge in [-0.05, 0) is 12.1 Å². The summed E-state index contributed by atoms with van der Waals surface area (Å²) in [7, 11) is 0. The SMILES string of the molecule is O=C(Cc1csc(-c2ccco2)n1)Nc1ncn[nH]1. The van der Waals surface area contributed by atoms with Crippen LogP contribution in [0.3, 0.4) is 0 Å². The normalized spacial score (nSPS) is 10.5. The number of H-pyrrole nitrogens is 1. The first kappa shape index (κ1) is 11.6. The number of carbonyl (C=O) groups is 1. The summed E-state index contributed by atoms with van der Waals surface area (Å²) in [5.74, 6) is 0.825. The number of aromatic nitrogens is 4. The second-order valence-electron chi connectivity index (χ2n) is 3.68. The molecule has 0 saturated carbocycles. The molecule has 0 spiro atoms. The van der Waals surface area contributed by atoms with Crippen LogP contribution in [0, 0.1) is 0 Å². The standard InChI is InChI=1S/C11H9N5O2S/c17-9(15-11-12-6-13-16-11)4-7-5-19-10(14-7)8-2-1-3-18-8/h1-3,5-6H,4H2,(H2,12,13,15,16,17). The predicted octanol–water partition coefficient (Wildman–Crippen LogP) is 1.70. The number of anilines is 1. The van der Waals surface area contributed by atoms with Gasteiger partial charge in [-0.25, -0.2) is 10.1 Å². The van der Waals surface area contributed by atoms with Crippen molar-refractivity contribution in [2.24, 2.45) is 0 Å². The first-order chi connectivity index (χ1) is 9.31. The van der Waals surface area contributed by atoms with Crippen molar-refractivity contribution in [3.8, 4) is 10.8 Å². The summed E-state index contributed by atoms with van der Waals surface area (Å²) in [4.78, 5) is 19.9. The molecule has 0 aromatic carbocycles. The van der Waals surface area contributed by atoms with E-state index < -0.39 is 0 Å². The van der Waals surface area contributed by atoms with Gasteiger partial charge in [0.25, 0.3) is 0 Å². The molecule has 19 heavy (non-hydrogen) atoms. The van der Waals surface area contributed by atoms with Crippen LogP contribution in [0.15, 0.2) is 34.5 Å². The van der Waals surface area contributed by atoms with Gasteiger partial charge >= 0.3 is 0 Å². The highest BCUT2D eigenvalue weighted by Crippen LogP contribution is 2.24. The van der Waals surface area contributed by atoms with Crippen LogP contribution in [0.5, 0.6) is 0 Å². The van der Waals surface area contributed by atoms with E-state index in [4.69, 9.17) is 4.42 Å². The van der Waals surface area contributed by atoms with E-state index in [9.17, 15) is 4.79 Å². The fourth-order valence-corrected chi connectivity index (χ4v) is 2.29. The van der Waals surface area contributed by atoms with Crippen molar-refractivity contribution in [1.82, 2.24) is 20.2 Å². The van der Waals surface area contributed by atoms with E-state index >= 15 is 0 Å². The summed E-state index contributed by atoms with van der Waals surface area (Å²) in [6, 6.07) is 3.63. The molecule has 0 unspecified atom stereocenters. The van der Waals surface area contributed by atoms with Gasteiger partial charge < -0.3 is 4.42 Å². The Morgan fingerprint density at radius 1 is 1.53 bits per heavy atom. The molecule has 0 aliphatic carbocycles. The van der Waals surface area contributed by atoms with Crippen molar-refractivity contribution in [3.05, 3.63) is 35.8 Å². The second-order valence-corrected chi connectivity index (χ2v) is 4.54. The second kappa shape index (κ2) is 5.02. The molecule has 7 nitrogen and oxygen atoms in total. The van der Waals surface area contributed by atoms with E-state index in [1.54, 1.807) is 12.3 Å². The molecule has 0 aliphatic heterocycles. The molecule has 3 aromatic heterocycles. The van der Waals surface area contributed by atoms with Crippen molar-refractivity contribution < 1.29 is 9.21 Å². The lowest BCUT2D eigenvalue weighted by molar-refractivity contribution is -0.115. The molecule has 96 valence electrons. The zero-order chi connectivity index (χ0) is 13.1. The molecule has 2 N–H and O–H groups in total. The van der Waals surface area contributed by atoms with Crippen LogP contribution in [0.25, 0.3) is 10.8 Å². The maximum Gasteiger partial charge on any atom is 0.232 e. The highest BCUT2D eigenvalue weighted by atomic mass is 32.1. The lowest BCUT2D eigenvalue weighted by atomic mass is 10.3. The largest absolute Gasteiger partial charge is 0.462 e. The first-order valence-corrected chi connectivity index (χ1v) is 6.33. The zero-order valence-electron chi connectivity index (χ0n) is 9.66. The number of hydrogen-bond donors (Lipinski definition) is 2. The molecule has 1 amide bonds. The maximum atomic E-state index is 11.7. The molecule has 0 bridgehead atoms. The Morgan fingerprint density at radius 2 is 2.47 bits per heavy atom. The van der Waals surface area contributed by atoms with Gasteiger partial charge in [0, 0.05) is 5.38 Å². The van der Waals surface area contributed by atoms with Crippen molar-refractivity contribution in [1.29, 1.82) is 0 Å². The smallest absolute Gasteiger partial charge is 0.232 e. The molecule has 8 heteroatoms. The maximum absolute atomic E-state index is 11.7. The topological polar surface area (TPSA) is 96.7 Å². The number of nitrogens with zero attached hydrogens (tertiary/aromatic N) is 3. The van der Waals surface area contributed by atoms with Crippen LogP contribution in [0.1, 0.15) is 5.69 Å². The molecular weight excluding hydrogens is 266 g/mol. The summed E-state index contributed by atoms with van der Waals surface area (Å²) >= 11 is 1.44. The average molecular weight is 275 g/mol. The van der Waals surface area contributed by atoms with Crippen molar-refractivity contribution in [3.63, 3.8) is 0 Å². The molecule has 0 fully saturated rings. The molecule has 3 rings (SSSR count). The van der Waals surface area contributed by atoms with Crippen molar-refractivity contribution in [2.75, 3.05) is 5.32 Å². The monoisotopic (exact) mass is 275 g/mol. The van der Waals surface area contributed by atoms with E-state index in [-0.39, 0.29) is 12.3 Å². The van der Waals surface area contributed by atoms with Crippen LogP contribution < -0.4 is 5.32 Å². The van der Waals surface area contributed by atoms with Gasteiger partial charge in [-0.1, -0.05) is 0 Å². The Kier molecular flexibility index (Phi) is 3.07. The molecule has 3 aromatic rings. The zero-order valence-corrected chi connectivity index (χ0v) is 10.5. The summed E-state index contributed by atoms with van der Waals surface area (Å²) in [6.45, 7) is 0. The van der Waals surface area contributed by atoms with Gasteiger partial charge in [-0.2, -0.15) is 10.1 Å². The lowest BCUT2D eigenvalue weighted by Gasteiger charge is -1.98. The van der Waals surface area contributed by atoms with Gasteiger partial charge in [0.05, 0.1) is 18.4 Å². The number of hydrogen-bond acceptors (Lipinski definition) is 6. The van der Waals surface area contributed by atoms with Crippen LogP contribution in [0.2, 0.25) is 0 Å². The summed E-state index contributed by atoms with van der Waals surface area (Å²) in [5, 5.41) is 11.4. The Labute approximate surface area is 111 Å². The lowest BCUT2D eigenvalue weighted by Crippen LogP contribution is -2.15. The van der Waals surface area contributed by atoms with Crippen molar-refractivity contribution >= 4 is 23.2 Å². The van der Waals surface area contributed by atoms with Crippen molar-refractivity contribution in [2.45, 2.75) is 6.42 Å². The number of nitrogens with one attached hydrogen (secondary N) is 2. The van der Waals surface area contributed by atoms with Gasteiger partial charge in [-0.3, -0.25) is 10.1 Å².